The highest BCUT2D eigenvalue weighted by molar-refractivity contribution is 5.79. The standard InChI is InChI=1S/C19H24N2O4/c1-19(2,18(23)14-7-9-20-10-8-14)21-17(22)12-13-5-6-15(24-3)16(11-13)25-4/h5-11,18,23H,12H2,1-4H3,(H,21,22)/t18-/m1/s1. The van der Waals surface area contributed by atoms with E-state index in [1.165, 1.54) is 0 Å². The number of nitrogens with zero attached hydrogens (tertiary/aromatic N) is 1. The first-order chi connectivity index (χ1) is 11.9. The third kappa shape index (κ3) is 4.70. The Hall–Kier alpha value is -2.60. The molecular weight excluding hydrogens is 320 g/mol. The van der Waals surface area contributed by atoms with Crippen molar-refractivity contribution in [2.45, 2.75) is 31.9 Å². The average Bonchev–Trinajstić information content (AvgIpc) is 2.61. The second-order valence-corrected chi connectivity index (χ2v) is 6.32. The van der Waals surface area contributed by atoms with E-state index in [0.29, 0.717) is 17.1 Å². The topological polar surface area (TPSA) is 80.7 Å². The number of amides is 1. The van der Waals surface area contributed by atoms with Crippen LogP contribution in [0.1, 0.15) is 31.1 Å². The SMILES string of the molecule is COc1ccc(CC(=O)NC(C)(C)[C@H](O)c2ccncc2)cc1OC. The van der Waals surface area contributed by atoms with Gasteiger partial charge in [0.05, 0.1) is 26.2 Å². The summed E-state index contributed by atoms with van der Waals surface area (Å²) in [6.45, 7) is 3.56. The van der Waals surface area contributed by atoms with Crippen LogP contribution in [-0.4, -0.2) is 35.8 Å². The van der Waals surface area contributed by atoms with Gasteiger partial charge in [-0.15, -0.1) is 0 Å². The van der Waals surface area contributed by atoms with E-state index in [4.69, 9.17) is 9.47 Å². The molecule has 0 bridgehead atoms. The summed E-state index contributed by atoms with van der Waals surface area (Å²) in [6.07, 6.45) is 2.55. The zero-order valence-electron chi connectivity index (χ0n) is 14.9. The van der Waals surface area contributed by atoms with Crippen molar-refractivity contribution < 1.29 is 19.4 Å². The van der Waals surface area contributed by atoms with Crippen molar-refractivity contribution in [1.82, 2.24) is 10.3 Å². The molecule has 2 aromatic rings. The Kier molecular flexibility index (Phi) is 5.98. The average molecular weight is 344 g/mol. The first-order valence-electron chi connectivity index (χ1n) is 7.97. The summed E-state index contributed by atoms with van der Waals surface area (Å²) in [5, 5.41) is 13.4. The highest BCUT2D eigenvalue weighted by Crippen LogP contribution is 2.28. The van der Waals surface area contributed by atoms with Crippen LogP contribution in [-0.2, 0) is 11.2 Å². The molecule has 6 nitrogen and oxygen atoms in total. The zero-order chi connectivity index (χ0) is 18.4. The van der Waals surface area contributed by atoms with Crippen molar-refractivity contribution in [2.24, 2.45) is 0 Å². The van der Waals surface area contributed by atoms with Crippen LogP contribution in [0.25, 0.3) is 0 Å². The van der Waals surface area contributed by atoms with Crippen LogP contribution in [0, 0.1) is 0 Å². The number of aromatic nitrogens is 1. The molecule has 0 spiro atoms. The summed E-state index contributed by atoms with van der Waals surface area (Å²) >= 11 is 0. The molecule has 1 aromatic heterocycles. The van der Waals surface area contributed by atoms with Gasteiger partial charge in [0, 0.05) is 12.4 Å². The maximum Gasteiger partial charge on any atom is 0.224 e. The molecule has 1 amide bonds. The minimum absolute atomic E-state index is 0.173. The predicted octanol–water partition coefficient (Wildman–Crippen LogP) is 2.27. The Morgan fingerprint density at radius 2 is 1.80 bits per heavy atom. The van der Waals surface area contributed by atoms with Crippen molar-refractivity contribution in [3.05, 3.63) is 53.9 Å². The van der Waals surface area contributed by atoms with Crippen molar-refractivity contribution in [1.29, 1.82) is 0 Å². The summed E-state index contributed by atoms with van der Waals surface area (Å²) in [5.41, 5.74) is 0.672. The van der Waals surface area contributed by atoms with Crippen LogP contribution < -0.4 is 14.8 Å². The van der Waals surface area contributed by atoms with Gasteiger partial charge in [0.2, 0.25) is 5.91 Å². The van der Waals surface area contributed by atoms with Gasteiger partial charge in [0.25, 0.3) is 0 Å². The number of aliphatic hydroxyl groups is 1. The molecule has 2 rings (SSSR count). The van der Waals surface area contributed by atoms with Gasteiger partial charge in [0.1, 0.15) is 6.10 Å². The van der Waals surface area contributed by atoms with Gasteiger partial charge < -0.3 is 19.9 Å². The predicted molar refractivity (Wildman–Crippen MR) is 94.7 cm³/mol. The highest BCUT2D eigenvalue weighted by atomic mass is 16.5. The van der Waals surface area contributed by atoms with E-state index < -0.39 is 11.6 Å². The Balaban J connectivity index is 2.06. The molecule has 0 saturated carbocycles. The molecule has 0 radical (unpaired) electrons. The molecule has 0 unspecified atom stereocenters. The van der Waals surface area contributed by atoms with Crippen LogP contribution in [0.3, 0.4) is 0 Å². The fourth-order valence-electron chi connectivity index (χ4n) is 2.61. The van der Waals surface area contributed by atoms with E-state index in [-0.39, 0.29) is 12.3 Å². The normalized spacial score (nSPS) is 12.4. The molecule has 6 heteroatoms. The molecule has 0 aliphatic rings. The lowest BCUT2D eigenvalue weighted by molar-refractivity contribution is -0.123. The number of carbonyl (C=O) groups excluding carboxylic acids is 1. The van der Waals surface area contributed by atoms with Gasteiger partial charge in [-0.25, -0.2) is 0 Å². The third-order valence-electron chi connectivity index (χ3n) is 3.98. The van der Waals surface area contributed by atoms with E-state index in [2.05, 4.69) is 10.3 Å². The number of nitrogens with one attached hydrogen (secondary N) is 1. The summed E-state index contributed by atoms with van der Waals surface area (Å²) in [6, 6.07) is 8.80. The number of hydrogen-bond acceptors (Lipinski definition) is 5. The van der Waals surface area contributed by atoms with E-state index in [1.54, 1.807) is 64.7 Å². The van der Waals surface area contributed by atoms with Crippen LogP contribution in [0.15, 0.2) is 42.7 Å². The fraction of sp³-hybridized carbons (Fsp3) is 0.368. The monoisotopic (exact) mass is 344 g/mol. The van der Waals surface area contributed by atoms with Crippen LogP contribution in [0.5, 0.6) is 11.5 Å². The maximum absolute atomic E-state index is 12.4. The number of benzene rings is 1. The molecule has 2 N–H and O–H groups in total. The number of aliphatic hydroxyl groups excluding tert-OH is 1. The molecule has 1 aromatic carbocycles. The third-order valence-corrected chi connectivity index (χ3v) is 3.98. The molecule has 0 fully saturated rings. The summed E-state index contributed by atoms with van der Waals surface area (Å²) in [4.78, 5) is 16.3. The largest absolute Gasteiger partial charge is 0.493 e. The molecule has 0 saturated heterocycles. The number of pyridine rings is 1. The number of methoxy groups -OCH3 is 2. The van der Waals surface area contributed by atoms with Crippen LogP contribution in [0.4, 0.5) is 0 Å². The fourth-order valence-corrected chi connectivity index (χ4v) is 2.61. The number of carbonyl (C=O) groups is 1. The Bertz CT molecular complexity index is 717. The minimum atomic E-state index is -0.843. The molecule has 1 heterocycles. The first-order valence-corrected chi connectivity index (χ1v) is 7.97. The molecule has 1 atom stereocenters. The maximum atomic E-state index is 12.4. The van der Waals surface area contributed by atoms with Gasteiger partial charge in [-0.05, 0) is 49.2 Å². The highest BCUT2D eigenvalue weighted by Gasteiger charge is 2.30. The lowest BCUT2D eigenvalue weighted by Gasteiger charge is -2.32. The van der Waals surface area contributed by atoms with E-state index in [0.717, 1.165) is 5.56 Å². The summed E-state index contributed by atoms with van der Waals surface area (Å²) < 4.78 is 10.4. The van der Waals surface area contributed by atoms with Crippen molar-refractivity contribution in [3.8, 4) is 11.5 Å². The number of hydrogen-bond donors (Lipinski definition) is 2. The minimum Gasteiger partial charge on any atom is -0.493 e. The van der Waals surface area contributed by atoms with Crippen molar-refractivity contribution in [2.75, 3.05) is 14.2 Å². The van der Waals surface area contributed by atoms with Crippen LogP contribution >= 0.6 is 0 Å². The molecule has 134 valence electrons. The lowest BCUT2D eigenvalue weighted by atomic mass is 9.91. The first kappa shape index (κ1) is 18.7. The van der Waals surface area contributed by atoms with E-state index in [1.807, 2.05) is 6.07 Å². The van der Waals surface area contributed by atoms with Crippen molar-refractivity contribution >= 4 is 5.91 Å². The smallest absolute Gasteiger partial charge is 0.224 e. The van der Waals surface area contributed by atoms with Gasteiger partial charge >= 0.3 is 0 Å². The van der Waals surface area contributed by atoms with Gasteiger partial charge in [-0.3, -0.25) is 9.78 Å². The quantitative estimate of drug-likeness (QED) is 0.805. The van der Waals surface area contributed by atoms with E-state index >= 15 is 0 Å². The zero-order valence-corrected chi connectivity index (χ0v) is 14.9. The second kappa shape index (κ2) is 7.98. The molecule has 0 aliphatic carbocycles. The summed E-state index contributed by atoms with van der Waals surface area (Å²) in [5.74, 6) is 0.995. The van der Waals surface area contributed by atoms with Crippen LogP contribution in [0.2, 0.25) is 0 Å². The molecule has 0 aliphatic heterocycles. The Labute approximate surface area is 147 Å². The number of ether oxygens (including phenoxy) is 2. The Morgan fingerprint density at radius 3 is 2.40 bits per heavy atom. The Morgan fingerprint density at radius 1 is 1.16 bits per heavy atom. The van der Waals surface area contributed by atoms with Gasteiger partial charge in [0.15, 0.2) is 11.5 Å². The van der Waals surface area contributed by atoms with Gasteiger partial charge in [-0.1, -0.05) is 6.07 Å². The molecular formula is C19H24N2O4. The molecule has 25 heavy (non-hydrogen) atoms. The summed E-state index contributed by atoms with van der Waals surface area (Å²) in [7, 11) is 3.11. The second-order valence-electron chi connectivity index (χ2n) is 6.32. The van der Waals surface area contributed by atoms with Gasteiger partial charge in [-0.2, -0.15) is 0 Å². The van der Waals surface area contributed by atoms with Crippen molar-refractivity contribution in [3.63, 3.8) is 0 Å². The lowest BCUT2D eigenvalue weighted by Crippen LogP contribution is -2.48. The number of rotatable bonds is 7. The van der Waals surface area contributed by atoms with E-state index in [9.17, 15) is 9.90 Å².